The number of aromatic nitrogens is 2. The summed E-state index contributed by atoms with van der Waals surface area (Å²) in [6, 6.07) is 15.6. The fourth-order valence-corrected chi connectivity index (χ4v) is 3.09. The molecule has 26 heavy (non-hydrogen) atoms. The summed E-state index contributed by atoms with van der Waals surface area (Å²) in [4.78, 5) is 20.8. The molecule has 128 valence electrons. The van der Waals surface area contributed by atoms with Crippen molar-refractivity contribution >= 4 is 27.8 Å². The Labute approximate surface area is 149 Å². The fraction of sp³-hybridized carbons (Fsp3) is 0.0952. The molecule has 4 rings (SSSR count). The second-order valence-electron chi connectivity index (χ2n) is 5.82. The number of fused-ring (bicyclic) bond motifs is 3. The van der Waals surface area contributed by atoms with Crippen LogP contribution in [0.2, 0.25) is 0 Å². The second kappa shape index (κ2) is 6.44. The number of rotatable bonds is 3. The molecule has 0 unspecified atom stereocenters. The molecule has 0 saturated carbocycles. The number of hydrogen-bond donors (Lipinski definition) is 1. The van der Waals surface area contributed by atoms with E-state index in [0.717, 1.165) is 16.5 Å². The zero-order chi connectivity index (χ0) is 18.1. The third-order valence-corrected chi connectivity index (χ3v) is 4.30. The molecule has 0 amide bonds. The van der Waals surface area contributed by atoms with Crippen LogP contribution in [0.3, 0.4) is 0 Å². The largest absolute Gasteiger partial charge is 0.506 e. The number of esters is 1. The number of nitrogens with zero attached hydrogens (tertiary/aromatic N) is 2. The molecule has 2 aromatic carbocycles. The molecule has 0 aliphatic carbocycles. The molecule has 0 fully saturated rings. The van der Waals surface area contributed by atoms with Gasteiger partial charge >= 0.3 is 5.97 Å². The Kier molecular flexibility index (Phi) is 3.97. The van der Waals surface area contributed by atoms with E-state index in [2.05, 4.69) is 9.97 Å². The van der Waals surface area contributed by atoms with Crippen molar-refractivity contribution < 1.29 is 14.6 Å². The maximum absolute atomic E-state index is 12.0. The number of carbonyl (C=O) groups is 1. The van der Waals surface area contributed by atoms with Gasteiger partial charge in [-0.1, -0.05) is 36.4 Å². The molecule has 0 atom stereocenters. The number of aromatic hydroxyl groups is 1. The fourth-order valence-electron chi connectivity index (χ4n) is 3.09. The Hall–Kier alpha value is -3.47. The average molecular weight is 344 g/mol. The van der Waals surface area contributed by atoms with Crippen molar-refractivity contribution in [2.75, 3.05) is 6.61 Å². The first kappa shape index (κ1) is 16.0. The van der Waals surface area contributed by atoms with Gasteiger partial charge in [0.05, 0.1) is 12.1 Å². The van der Waals surface area contributed by atoms with E-state index < -0.39 is 5.97 Å². The van der Waals surface area contributed by atoms with E-state index in [1.165, 1.54) is 6.20 Å². The molecule has 0 aliphatic heterocycles. The van der Waals surface area contributed by atoms with Crippen LogP contribution in [0, 0.1) is 0 Å². The lowest BCUT2D eigenvalue weighted by molar-refractivity contribution is 0.0523. The Morgan fingerprint density at radius 3 is 2.50 bits per heavy atom. The van der Waals surface area contributed by atoms with E-state index in [-0.39, 0.29) is 17.9 Å². The molecule has 4 aromatic rings. The zero-order valence-electron chi connectivity index (χ0n) is 14.1. The molecule has 1 N–H and O–H groups in total. The number of carbonyl (C=O) groups excluding carboxylic acids is 1. The van der Waals surface area contributed by atoms with Crippen LogP contribution in [0.5, 0.6) is 5.75 Å². The minimum Gasteiger partial charge on any atom is -0.506 e. The zero-order valence-corrected chi connectivity index (χ0v) is 14.1. The SMILES string of the molecule is CCOC(=O)c1cnc2c(ccc3c(-c4ccccc4)ccnc32)c1O. The van der Waals surface area contributed by atoms with Crippen LogP contribution < -0.4 is 0 Å². The van der Waals surface area contributed by atoms with Gasteiger partial charge in [0.25, 0.3) is 0 Å². The predicted octanol–water partition coefficient (Wildman–Crippen LogP) is 4.33. The highest BCUT2D eigenvalue weighted by molar-refractivity contribution is 6.11. The van der Waals surface area contributed by atoms with Gasteiger partial charge in [0.15, 0.2) is 0 Å². The Morgan fingerprint density at radius 2 is 1.73 bits per heavy atom. The monoisotopic (exact) mass is 344 g/mol. The van der Waals surface area contributed by atoms with Gasteiger partial charge in [0.1, 0.15) is 16.8 Å². The molecular formula is C21H16N2O3. The van der Waals surface area contributed by atoms with Crippen molar-refractivity contribution in [1.29, 1.82) is 0 Å². The van der Waals surface area contributed by atoms with E-state index in [4.69, 9.17) is 4.74 Å². The number of pyridine rings is 2. The van der Waals surface area contributed by atoms with Crippen molar-refractivity contribution in [3.63, 3.8) is 0 Å². The van der Waals surface area contributed by atoms with Crippen molar-refractivity contribution in [3.8, 4) is 16.9 Å². The van der Waals surface area contributed by atoms with Gasteiger partial charge < -0.3 is 9.84 Å². The van der Waals surface area contributed by atoms with E-state index >= 15 is 0 Å². The topological polar surface area (TPSA) is 72.3 Å². The highest BCUT2D eigenvalue weighted by Gasteiger charge is 2.18. The molecule has 0 bridgehead atoms. The predicted molar refractivity (Wildman–Crippen MR) is 100 cm³/mol. The number of benzene rings is 2. The lowest BCUT2D eigenvalue weighted by atomic mass is 9.99. The molecule has 2 heterocycles. The Balaban J connectivity index is 1.97. The molecule has 5 heteroatoms. The van der Waals surface area contributed by atoms with E-state index in [1.54, 1.807) is 19.2 Å². The van der Waals surface area contributed by atoms with Gasteiger partial charge in [-0.15, -0.1) is 0 Å². The van der Waals surface area contributed by atoms with Crippen molar-refractivity contribution in [1.82, 2.24) is 9.97 Å². The van der Waals surface area contributed by atoms with E-state index in [0.29, 0.717) is 16.4 Å². The minimum absolute atomic E-state index is 0.0536. The molecule has 0 saturated heterocycles. The highest BCUT2D eigenvalue weighted by atomic mass is 16.5. The molecule has 0 aliphatic rings. The second-order valence-corrected chi connectivity index (χ2v) is 5.82. The smallest absolute Gasteiger partial charge is 0.343 e. The van der Waals surface area contributed by atoms with E-state index in [9.17, 15) is 9.90 Å². The summed E-state index contributed by atoms with van der Waals surface area (Å²) in [5.74, 6) is -0.729. The Bertz CT molecular complexity index is 1120. The minimum atomic E-state index is -0.592. The summed E-state index contributed by atoms with van der Waals surface area (Å²) >= 11 is 0. The summed E-state index contributed by atoms with van der Waals surface area (Å²) in [5, 5.41) is 11.9. The summed E-state index contributed by atoms with van der Waals surface area (Å²) in [5.41, 5.74) is 3.39. The maximum atomic E-state index is 12.0. The third kappa shape index (κ3) is 2.54. The average Bonchev–Trinajstić information content (AvgIpc) is 2.68. The first-order chi connectivity index (χ1) is 12.7. The summed E-state index contributed by atoms with van der Waals surface area (Å²) in [7, 11) is 0. The normalized spacial score (nSPS) is 11.0. The first-order valence-corrected chi connectivity index (χ1v) is 8.32. The van der Waals surface area contributed by atoms with Crippen molar-refractivity contribution in [2.45, 2.75) is 6.92 Å². The summed E-state index contributed by atoms with van der Waals surface area (Å²) < 4.78 is 4.97. The van der Waals surface area contributed by atoms with Crippen LogP contribution in [0.1, 0.15) is 17.3 Å². The van der Waals surface area contributed by atoms with Crippen LogP contribution in [0.4, 0.5) is 0 Å². The van der Waals surface area contributed by atoms with Crippen LogP contribution in [0.15, 0.2) is 60.9 Å². The van der Waals surface area contributed by atoms with Gasteiger partial charge in [-0.3, -0.25) is 9.97 Å². The third-order valence-electron chi connectivity index (χ3n) is 4.30. The lowest BCUT2D eigenvalue weighted by Gasteiger charge is -2.11. The molecular weight excluding hydrogens is 328 g/mol. The van der Waals surface area contributed by atoms with Crippen LogP contribution in [0.25, 0.3) is 32.9 Å². The molecule has 0 spiro atoms. The number of ether oxygens (including phenoxy) is 1. The van der Waals surface area contributed by atoms with Gasteiger partial charge in [-0.2, -0.15) is 0 Å². The van der Waals surface area contributed by atoms with Crippen LogP contribution in [-0.2, 0) is 4.74 Å². The number of hydrogen-bond acceptors (Lipinski definition) is 5. The highest BCUT2D eigenvalue weighted by Crippen LogP contribution is 2.35. The molecule has 5 nitrogen and oxygen atoms in total. The molecule has 0 radical (unpaired) electrons. The van der Waals surface area contributed by atoms with E-state index in [1.807, 2.05) is 42.5 Å². The summed E-state index contributed by atoms with van der Waals surface area (Å²) in [6.45, 7) is 1.95. The van der Waals surface area contributed by atoms with Gasteiger partial charge in [0, 0.05) is 23.2 Å². The molecule has 2 aromatic heterocycles. The summed E-state index contributed by atoms with van der Waals surface area (Å²) in [6.07, 6.45) is 3.06. The van der Waals surface area contributed by atoms with Crippen LogP contribution >= 0.6 is 0 Å². The van der Waals surface area contributed by atoms with Crippen molar-refractivity contribution in [2.24, 2.45) is 0 Å². The van der Waals surface area contributed by atoms with Crippen LogP contribution in [-0.4, -0.2) is 27.7 Å². The Morgan fingerprint density at radius 1 is 1.00 bits per heavy atom. The van der Waals surface area contributed by atoms with Crippen molar-refractivity contribution in [3.05, 3.63) is 66.5 Å². The van der Waals surface area contributed by atoms with Gasteiger partial charge in [-0.25, -0.2) is 4.79 Å². The standard InChI is InChI=1S/C21H16N2O3/c1-2-26-21(25)17-12-23-19-16(20(17)24)9-8-15-14(10-11-22-18(15)19)13-6-4-3-5-7-13/h3-12H,2H2,1H3,(H,23,24). The lowest BCUT2D eigenvalue weighted by Crippen LogP contribution is -2.05. The maximum Gasteiger partial charge on any atom is 0.343 e. The van der Waals surface area contributed by atoms with Gasteiger partial charge in [0.2, 0.25) is 0 Å². The first-order valence-electron chi connectivity index (χ1n) is 8.32. The van der Waals surface area contributed by atoms with Gasteiger partial charge in [-0.05, 0) is 30.2 Å². The quantitative estimate of drug-likeness (QED) is 0.442.